The molecule has 8 nitrogen and oxygen atoms in total. The van der Waals surface area contributed by atoms with Gasteiger partial charge in [-0.25, -0.2) is 9.78 Å². The molecular weight excluding hydrogens is 468 g/mol. The Morgan fingerprint density at radius 3 is 2.66 bits per heavy atom. The largest absolute Gasteiger partial charge is 0.497 e. The van der Waals surface area contributed by atoms with Crippen LogP contribution in [0.4, 0.5) is 5.13 Å². The summed E-state index contributed by atoms with van der Waals surface area (Å²) in [5.74, 6) is 1.44. The smallest absolute Gasteiger partial charge is 0.342 e. The lowest BCUT2D eigenvalue weighted by atomic mass is 9.94. The summed E-state index contributed by atoms with van der Waals surface area (Å²) in [6, 6.07) is 5.62. The molecule has 184 valence electrons. The standard InChI is InChI=1S/C26H28N2O6S/c1-14(7-11-21(29)28-26-27-19-10-8-16(31-3)12-20(19)35-26)6-9-17-23(32-4)15(2)18-13-34-25(30)22(18)24(17)33-5/h6,8,10,12H,7,9,11,13H2,1-5H3,(H,27,28,29). The van der Waals surface area contributed by atoms with Crippen LogP contribution in [0.1, 0.15) is 46.8 Å². The lowest BCUT2D eigenvalue weighted by molar-refractivity contribution is -0.116. The predicted octanol–water partition coefficient (Wildman–Crippen LogP) is 5.21. The molecule has 1 aromatic heterocycles. The van der Waals surface area contributed by atoms with E-state index in [2.05, 4.69) is 10.3 Å². The predicted molar refractivity (Wildman–Crippen MR) is 135 cm³/mol. The van der Waals surface area contributed by atoms with E-state index in [4.69, 9.17) is 18.9 Å². The Balaban J connectivity index is 1.43. The molecule has 3 aromatic rings. The first-order valence-electron chi connectivity index (χ1n) is 11.2. The second-order valence-electron chi connectivity index (χ2n) is 8.26. The fraction of sp³-hybridized carbons (Fsp3) is 0.346. The van der Waals surface area contributed by atoms with Crippen LogP contribution < -0.4 is 19.5 Å². The van der Waals surface area contributed by atoms with E-state index in [1.807, 2.05) is 38.1 Å². The molecule has 1 amide bonds. The normalized spacial score (nSPS) is 12.9. The van der Waals surface area contributed by atoms with Crippen molar-refractivity contribution in [3.05, 3.63) is 52.1 Å². The van der Waals surface area contributed by atoms with Gasteiger partial charge in [0, 0.05) is 17.5 Å². The van der Waals surface area contributed by atoms with Gasteiger partial charge in [-0.15, -0.1) is 0 Å². The minimum atomic E-state index is -0.380. The number of cyclic esters (lactones) is 1. The average Bonchev–Trinajstić information content (AvgIpc) is 3.44. The van der Waals surface area contributed by atoms with E-state index in [0.717, 1.165) is 38.2 Å². The summed E-state index contributed by atoms with van der Waals surface area (Å²) in [6.07, 6.45) is 3.44. The lowest BCUT2D eigenvalue weighted by Gasteiger charge is -2.18. The Kier molecular flexibility index (Phi) is 7.25. The number of carbonyl (C=O) groups excluding carboxylic acids is 2. The first-order chi connectivity index (χ1) is 16.9. The number of benzene rings is 2. The van der Waals surface area contributed by atoms with Gasteiger partial charge in [0.1, 0.15) is 29.4 Å². The number of carbonyl (C=O) groups is 2. The van der Waals surface area contributed by atoms with Gasteiger partial charge in [0.15, 0.2) is 5.13 Å². The Morgan fingerprint density at radius 1 is 1.17 bits per heavy atom. The van der Waals surface area contributed by atoms with Crippen molar-refractivity contribution in [2.75, 3.05) is 26.6 Å². The van der Waals surface area contributed by atoms with Crippen molar-refractivity contribution in [1.29, 1.82) is 0 Å². The number of ether oxygens (including phenoxy) is 4. The number of rotatable bonds is 9. The maximum Gasteiger partial charge on any atom is 0.342 e. The van der Waals surface area contributed by atoms with Crippen LogP contribution in [-0.2, 0) is 22.6 Å². The number of esters is 1. The van der Waals surface area contributed by atoms with Gasteiger partial charge in [-0.1, -0.05) is 23.0 Å². The molecule has 0 fully saturated rings. The Bertz CT molecular complexity index is 1330. The van der Waals surface area contributed by atoms with Crippen LogP contribution in [0, 0.1) is 6.92 Å². The van der Waals surface area contributed by atoms with E-state index in [9.17, 15) is 9.59 Å². The summed E-state index contributed by atoms with van der Waals surface area (Å²) in [4.78, 5) is 29.3. The van der Waals surface area contributed by atoms with E-state index in [1.165, 1.54) is 11.3 Å². The Labute approximate surface area is 207 Å². The van der Waals surface area contributed by atoms with Crippen molar-refractivity contribution in [3.8, 4) is 17.2 Å². The maximum absolute atomic E-state index is 12.5. The van der Waals surface area contributed by atoms with Gasteiger partial charge < -0.3 is 24.3 Å². The number of amides is 1. The highest BCUT2D eigenvalue weighted by molar-refractivity contribution is 7.22. The number of anilines is 1. The van der Waals surface area contributed by atoms with Crippen LogP contribution >= 0.6 is 11.3 Å². The average molecular weight is 497 g/mol. The second kappa shape index (κ2) is 10.4. The van der Waals surface area contributed by atoms with Crippen LogP contribution in [0.25, 0.3) is 10.2 Å². The summed E-state index contributed by atoms with van der Waals surface area (Å²) in [5.41, 5.74) is 4.80. The fourth-order valence-corrected chi connectivity index (χ4v) is 5.10. The van der Waals surface area contributed by atoms with Gasteiger partial charge in [-0.2, -0.15) is 0 Å². The molecule has 0 radical (unpaired) electrons. The monoisotopic (exact) mass is 496 g/mol. The zero-order valence-electron chi connectivity index (χ0n) is 20.4. The molecule has 1 N–H and O–H groups in total. The fourth-order valence-electron chi connectivity index (χ4n) is 4.19. The first-order valence-corrected chi connectivity index (χ1v) is 12.0. The van der Waals surface area contributed by atoms with E-state index in [-0.39, 0.29) is 18.5 Å². The van der Waals surface area contributed by atoms with Crippen LogP contribution in [0.2, 0.25) is 0 Å². The van der Waals surface area contributed by atoms with Crippen LogP contribution in [0.5, 0.6) is 17.2 Å². The van der Waals surface area contributed by atoms with Crippen molar-refractivity contribution >= 4 is 38.6 Å². The third kappa shape index (κ3) is 4.95. The van der Waals surface area contributed by atoms with E-state index in [1.54, 1.807) is 21.3 Å². The summed E-state index contributed by atoms with van der Waals surface area (Å²) >= 11 is 1.41. The minimum absolute atomic E-state index is 0.102. The molecule has 1 aliphatic heterocycles. The molecule has 35 heavy (non-hydrogen) atoms. The van der Waals surface area contributed by atoms with Gasteiger partial charge in [0.25, 0.3) is 0 Å². The van der Waals surface area contributed by atoms with Crippen LogP contribution in [-0.4, -0.2) is 38.2 Å². The number of fused-ring (bicyclic) bond motifs is 2. The van der Waals surface area contributed by atoms with Crippen LogP contribution in [0.3, 0.4) is 0 Å². The maximum atomic E-state index is 12.5. The van der Waals surface area contributed by atoms with E-state index >= 15 is 0 Å². The molecular formula is C26H28N2O6S. The summed E-state index contributed by atoms with van der Waals surface area (Å²) < 4.78 is 22.7. The van der Waals surface area contributed by atoms with Gasteiger partial charge >= 0.3 is 5.97 Å². The summed E-state index contributed by atoms with van der Waals surface area (Å²) in [6.45, 7) is 4.12. The van der Waals surface area contributed by atoms with E-state index in [0.29, 0.717) is 41.5 Å². The minimum Gasteiger partial charge on any atom is -0.497 e. The van der Waals surface area contributed by atoms with Crippen molar-refractivity contribution in [3.63, 3.8) is 0 Å². The van der Waals surface area contributed by atoms with Crippen molar-refractivity contribution < 1.29 is 28.5 Å². The molecule has 0 saturated carbocycles. The van der Waals surface area contributed by atoms with Gasteiger partial charge in [-0.05, 0) is 50.5 Å². The molecule has 0 unspecified atom stereocenters. The van der Waals surface area contributed by atoms with E-state index < -0.39 is 0 Å². The molecule has 0 aliphatic carbocycles. The first kappa shape index (κ1) is 24.5. The van der Waals surface area contributed by atoms with Crippen molar-refractivity contribution in [2.45, 2.75) is 39.7 Å². The zero-order chi connectivity index (χ0) is 25.1. The third-order valence-electron chi connectivity index (χ3n) is 6.07. The van der Waals surface area contributed by atoms with Crippen LogP contribution in [0.15, 0.2) is 29.8 Å². The highest BCUT2D eigenvalue weighted by Gasteiger charge is 2.32. The number of aromatic nitrogens is 1. The van der Waals surface area contributed by atoms with Crippen molar-refractivity contribution in [1.82, 2.24) is 4.98 Å². The number of nitrogens with one attached hydrogen (secondary N) is 1. The number of allylic oxidation sites excluding steroid dienone is 2. The molecule has 4 rings (SSSR count). The number of nitrogens with zero attached hydrogens (tertiary/aromatic N) is 1. The topological polar surface area (TPSA) is 96.0 Å². The molecule has 0 spiro atoms. The molecule has 0 bridgehead atoms. The Morgan fingerprint density at radius 2 is 1.94 bits per heavy atom. The Hall–Kier alpha value is -3.59. The van der Waals surface area contributed by atoms with Crippen molar-refractivity contribution in [2.24, 2.45) is 0 Å². The molecule has 2 aromatic carbocycles. The van der Waals surface area contributed by atoms with Gasteiger partial charge in [0.05, 0.1) is 31.5 Å². The third-order valence-corrected chi connectivity index (χ3v) is 7.01. The highest BCUT2D eigenvalue weighted by Crippen LogP contribution is 2.42. The van der Waals surface area contributed by atoms with Gasteiger partial charge in [0.2, 0.25) is 5.91 Å². The molecule has 0 atom stereocenters. The molecule has 9 heteroatoms. The SMILES string of the molecule is COc1ccc2nc(NC(=O)CCC(C)=CCc3c(OC)c(C)c4c(c3OC)C(=O)OC4)sc2c1. The second-order valence-corrected chi connectivity index (χ2v) is 9.29. The number of hydrogen-bond acceptors (Lipinski definition) is 8. The molecule has 1 aliphatic rings. The number of hydrogen-bond donors (Lipinski definition) is 1. The number of thiazole rings is 1. The van der Waals surface area contributed by atoms with Gasteiger partial charge in [-0.3, -0.25) is 4.79 Å². The summed E-state index contributed by atoms with van der Waals surface area (Å²) in [7, 11) is 4.76. The molecule has 0 saturated heterocycles. The lowest BCUT2D eigenvalue weighted by Crippen LogP contribution is -2.11. The number of methoxy groups -OCH3 is 3. The molecule has 2 heterocycles. The summed E-state index contributed by atoms with van der Waals surface area (Å²) in [5, 5.41) is 3.45. The zero-order valence-corrected chi connectivity index (χ0v) is 21.3. The highest BCUT2D eigenvalue weighted by atomic mass is 32.1. The quantitative estimate of drug-likeness (QED) is 0.321.